The molecule has 4 rings (SSSR count). The summed E-state index contributed by atoms with van der Waals surface area (Å²) in [7, 11) is 1.96. The first-order valence-electron chi connectivity index (χ1n) is 6.71. The van der Waals surface area contributed by atoms with Gasteiger partial charge in [0.1, 0.15) is 12.4 Å². The van der Waals surface area contributed by atoms with Gasteiger partial charge in [-0.1, -0.05) is 17.3 Å². The smallest absolute Gasteiger partial charge is 0.181 e. The summed E-state index contributed by atoms with van der Waals surface area (Å²) in [5, 5.41) is 10.4. The molecule has 0 aliphatic heterocycles. The summed E-state index contributed by atoms with van der Waals surface area (Å²) in [4.78, 5) is 8.52. The van der Waals surface area contributed by atoms with Gasteiger partial charge in [-0.15, -0.1) is 5.10 Å². The highest BCUT2D eigenvalue weighted by Gasteiger charge is 2.11. The molecule has 8 heteroatoms. The van der Waals surface area contributed by atoms with Crippen LogP contribution in [0.2, 0.25) is 0 Å². The average molecular weight is 295 g/mol. The lowest BCUT2D eigenvalue weighted by atomic mass is 10.2. The van der Waals surface area contributed by atoms with Crippen LogP contribution in [-0.2, 0) is 13.7 Å². The molecule has 3 N–H and O–H groups in total. The van der Waals surface area contributed by atoms with Crippen LogP contribution in [0.15, 0.2) is 30.6 Å². The van der Waals surface area contributed by atoms with Gasteiger partial charge in [0, 0.05) is 18.7 Å². The number of hydrogen-bond donors (Lipinski definition) is 2. The Hall–Kier alpha value is -3.16. The molecule has 0 fully saturated rings. The van der Waals surface area contributed by atoms with Crippen LogP contribution < -0.4 is 10.5 Å². The maximum Gasteiger partial charge on any atom is 0.181 e. The molecule has 4 aromatic rings. The Morgan fingerprint density at radius 1 is 1.32 bits per heavy atom. The zero-order valence-corrected chi connectivity index (χ0v) is 11.8. The van der Waals surface area contributed by atoms with E-state index < -0.39 is 0 Å². The first-order valence-corrected chi connectivity index (χ1v) is 6.71. The predicted molar refractivity (Wildman–Crippen MR) is 81.1 cm³/mol. The highest BCUT2D eigenvalue weighted by molar-refractivity contribution is 5.80. The van der Waals surface area contributed by atoms with Gasteiger partial charge >= 0.3 is 0 Å². The SMILES string of the molecule is Cn1cnc2c(COc3cc(N)nc4[nH]nnc34)cccc21. The first kappa shape index (κ1) is 12.6. The molecule has 8 nitrogen and oxygen atoms in total. The van der Waals surface area contributed by atoms with Gasteiger partial charge in [0.05, 0.1) is 17.4 Å². The van der Waals surface area contributed by atoms with Crippen molar-refractivity contribution < 1.29 is 4.74 Å². The third-order valence-corrected chi connectivity index (χ3v) is 3.50. The number of anilines is 1. The van der Waals surface area contributed by atoms with Gasteiger partial charge in [-0.05, 0) is 6.07 Å². The number of rotatable bonds is 3. The first-order chi connectivity index (χ1) is 10.7. The summed E-state index contributed by atoms with van der Waals surface area (Å²) in [6.45, 7) is 0.361. The molecule has 3 heterocycles. The summed E-state index contributed by atoms with van der Waals surface area (Å²) in [6.07, 6.45) is 1.79. The maximum absolute atomic E-state index is 5.87. The molecule has 110 valence electrons. The van der Waals surface area contributed by atoms with E-state index in [2.05, 4.69) is 25.4 Å². The van der Waals surface area contributed by atoms with Gasteiger partial charge in [-0.25, -0.2) is 15.1 Å². The van der Waals surface area contributed by atoms with Crippen LogP contribution in [0.1, 0.15) is 5.56 Å². The Bertz CT molecular complexity index is 972. The summed E-state index contributed by atoms with van der Waals surface area (Å²) in [5.74, 6) is 0.897. The van der Waals surface area contributed by atoms with Crippen molar-refractivity contribution in [2.24, 2.45) is 7.05 Å². The van der Waals surface area contributed by atoms with Gasteiger partial charge in [0.2, 0.25) is 0 Å². The highest BCUT2D eigenvalue weighted by atomic mass is 16.5. The Morgan fingerprint density at radius 2 is 2.23 bits per heavy atom. The van der Waals surface area contributed by atoms with Crippen molar-refractivity contribution in [3.05, 3.63) is 36.2 Å². The molecule has 0 unspecified atom stereocenters. The number of benzene rings is 1. The number of hydrogen-bond acceptors (Lipinski definition) is 6. The number of nitrogen functional groups attached to an aromatic ring is 1. The Morgan fingerprint density at radius 3 is 3.14 bits per heavy atom. The lowest BCUT2D eigenvalue weighted by molar-refractivity contribution is 0.310. The molecule has 0 atom stereocenters. The van der Waals surface area contributed by atoms with Crippen molar-refractivity contribution in [3.8, 4) is 5.75 Å². The minimum atomic E-state index is 0.351. The fourth-order valence-corrected chi connectivity index (χ4v) is 2.43. The molecular weight excluding hydrogens is 282 g/mol. The highest BCUT2D eigenvalue weighted by Crippen LogP contribution is 2.25. The van der Waals surface area contributed by atoms with E-state index in [1.807, 2.05) is 29.8 Å². The number of pyridine rings is 1. The van der Waals surface area contributed by atoms with E-state index in [4.69, 9.17) is 10.5 Å². The maximum atomic E-state index is 5.87. The van der Waals surface area contributed by atoms with E-state index in [0.29, 0.717) is 29.3 Å². The van der Waals surface area contributed by atoms with E-state index in [9.17, 15) is 0 Å². The molecule has 0 aliphatic rings. The second kappa shape index (κ2) is 4.69. The number of nitrogens with two attached hydrogens (primary N) is 1. The molecule has 0 radical (unpaired) electrons. The molecule has 0 aliphatic carbocycles. The topological polar surface area (TPSA) is 108 Å². The Balaban J connectivity index is 1.70. The number of para-hydroxylation sites is 1. The van der Waals surface area contributed by atoms with Gasteiger partial charge in [-0.3, -0.25) is 0 Å². The molecule has 0 bridgehead atoms. The normalized spacial score (nSPS) is 11.3. The summed E-state index contributed by atoms with van der Waals surface area (Å²) in [5.41, 5.74) is 9.80. The number of aromatic nitrogens is 6. The van der Waals surface area contributed by atoms with E-state index >= 15 is 0 Å². The van der Waals surface area contributed by atoms with Gasteiger partial charge < -0.3 is 15.0 Å². The third-order valence-electron chi connectivity index (χ3n) is 3.50. The number of nitrogens with one attached hydrogen (secondary N) is 1. The number of nitrogens with zero attached hydrogens (tertiary/aromatic N) is 5. The second-order valence-corrected chi connectivity index (χ2v) is 4.98. The number of aromatic amines is 1. The minimum absolute atomic E-state index is 0.351. The van der Waals surface area contributed by atoms with Crippen molar-refractivity contribution in [1.29, 1.82) is 0 Å². The van der Waals surface area contributed by atoms with E-state index in [0.717, 1.165) is 16.6 Å². The van der Waals surface area contributed by atoms with Gasteiger partial charge in [-0.2, -0.15) is 0 Å². The van der Waals surface area contributed by atoms with Crippen LogP contribution in [0.3, 0.4) is 0 Å². The number of H-pyrrole nitrogens is 1. The number of aryl methyl sites for hydroxylation is 1. The predicted octanol–water partition coefficient (Wildman–Crippen LogP) is 1.40. The van der Waals surface area contributed by atoms with Crippen LogP contribution in [0.4, 0.5) is 5.82 Å². The van der Waals surface area contributed by atoms with Crippen LogP contribution in [0.25, 0.3) is 22.2 Å². The fourth-order valence-electron chi connectivity index (χ4n) is 2.43. The van der Waals surface area contributed by atoms with Gasteiger partial charge in [0.25, 0.3) is 0 Å². The lowest BCUT2D eigenvalue weighted by Gasteiger charge is -2.08. The zero-order chi connectivity index (χ0) is 15.1. The van der Waals surface area contributed by atoms with Gasteiger partial charge in [0.15, 0.2) is 16.9 Å². The summed E-state index contributed by atoms with van der Waals surface area (Å²) < 4.78 is 7.84. The molecule has 0 amide bonds. The Kier molecular flexibility index (Phi) is 2.68. The average Bonchev–Trinajstić information content (AvgIpc) is 3.12. The van der Waals surface area contributed by atoms with E-state index in [1.165, 1.54) is 0 Å². The van der Waals surface area contributed by atoms with Crippen molar-refractivity contribution in [2.45, 2.75) is 6.61 Å². The van der Waals surface area contributed by atoms with E-state index in [1.54, 1.807) is 12.4 Å². The standard InChI is InChI=1S/C14H13N7O/c1-21-7-16-12-8(3-2-4-9(12)21)6-22-10-5-11(15)17-14-13(10)18-20-19-14/h2-5,7H,6H2,1H3,(H3,15,17,18,19,20). The van der Waals surface area contributed by atoms with Crippen molar-refractivity contribution >= 4 is 28.0 Å². The van der Waals surface area contributed by atoms with Crippen LogP contribution in [0.5, 0.6) is 5.75 Å². The number of ether oxygens (including phenoxy) is 1. The lowest BCUT2D eigenvalue weighted by Crippen LogP contribution is -1.99. The molecule has 0 saturated heterocycles. The summed E-state index contributed by atoms with van der Waals surface area (Å²) in [6, 6.07) is 7.63. The molecule has 1 aromatic carbocycles. The minimum Gasteiger partial charge on any atom is -0.486 e. The third kappa shape index (κ3) is 1.93. The molecular formula is C14H13N7O. The number of fused-ring (bicyclic) bond motifs is 2. The monoisotopic (exact) mass is 295 g/mol. The molecule has 22 heavy (non-hydrogen) atoms. The van der Waals surface area contributed by atoms with Crippen LogP contribution in [-0.4, -0.2) is 29.9 Å². The van der Waals surface area contributed by atoms with Crippen molar-refractivity contribution in [1.82, 2.24) is 29.9 Å². The molecule has 0 saturated carbocycles. The summed E-state index contributed by atoms with van der Waals surface area (Å²) >= 11 is 0. The molecule has 0 spiro atoms. The quantitative estimate of drug-likeness (QED) is 0.591. The Labute approximate surface area is 124 Å². The van der Waals surface area contributed by atoms with Crippen molar-refractivity contribution in [2.75, 3.05) is 5.73 Å². The van der Waals surface area contributed by atoms with Crippen molar-refractivity contribution in [3.63, 3.8) is 0 Å². The second-order valence-electron chi connectivity index (χ2n) is 4.98. The zero-order valence-electron chi connectivity index (χ0n) is 11.8. The van der Waals surface area contributed by atoms with Crippen LogP contribution in [0, 0.1) is 0 Å². The van der Waals surface area contributed by atoms with Crippen LogP contribution >= 0.6 is 0 Å². The fraction of sp³-hybridized carbons (Fsp3) is 0.143. The number of imidazole rings is 1. The largest absolute Gasteiger partial charge is 0.486 e. The molecule has 3 aromatic heterocycles. The van der Waals surface area contributed by atoms with E-state index in [-0.39, 0.29) is 0 Å².